The number of fused-ring (bicyclic) bond motifs is 1. The van der Waals surface area contributed by atoms with E-state index in [1.807, 2.05) is 25.2 Å². The highest BCUT2D eigenvalue weighted by Gasteiger charge is 2.15. The predicted molar refractivity (Wildman–Crippen MR) is 123 cm³/mol. The van der Waals surface area contributed by atoms with E-state index in [2.05, 4.69) is 52.2 Å². The van der Waals surface area contributed by atoms with Crippen molar-refractivity contribution in [1.82, 2.24) is 9.88 Å². The van der Waals surface area contributed by atoms with Gasteiger partial charge in [0, 0.05) is 54.5 Å². The van der Waals surface area contributed by atoms with E-state index in [1.165, 1.54) is 35.9 Å². The molecule has 4 rings (SSSR count). The van der Waals surface area contributed by atoms with E-state index in [1.54, 1.807) is 7.11 Å². The van der Waals surface area contributed by atoms with E-state index >= 15 is 0 Å². The first-order chi connectivity index (χ1) is 14.5. The van der Waals surface area contributed by atoms with Crippen molar-refractivity contribution in [1.29, 1.82) is 0 Å². The number of rotatable bonds is 6. The van der Waals surface area contributed by atoms with Crippen LogP contribution in [0.4, 0.5) is 5.69 Å². The summed E-state index contributed by atoms with van der Waals surface area (Å²) in [7, 11) is 3.73. The summed E-state index contributed by atoms with van der Waals surface area (Å²) in [5, 5.41) is 4.32. The minimum Gasteiger partial charge on any atom is -0.497 e. The van der Waals surface area contributed by atoms with Gasteiger partial charge in [0.15, 0.2) is 0 Å². The van der Waals surface area contributed by atoms with Crippen molar-refractivity contribution in [2.45, 2.75) is 38.6 Å². The predicted octanol–water partition coefficient (Wildman–Crippen LogP) is 4.54. The van der Waals surface area contributed by atoms with Crippen LogP contribution in [0.1, 0.15) is 42.1 Å². The number of aryl methyl sites for hydroxylation is 1. The Balaban J connectivity index is 1.42. The molecule has 0 radical (unpaired) electrons. The smallest absolute Gasteiger partial charge is 0.251 e. The van der Waals surface area contributed by atoms with Crippen LogP contribution in [0.2, 0.25) is 0 Å². The fourth-order valence-electron chi connectivity index (χ4n) is 4.41. The minimum atomic E-state index is -0.0227. The average molecular weight is 406 g/mol. The van der Waals surface area contributed by atoms with Crippen molar-refractivity contribution >= 4 is 22.5 Å². The molecule has 1 saturated heterocycles. The van der Waals surface area contributed by atoms with Gasteiger partial charge in [-0.2, -0.15) is 0 Å². The third kappa shape index (κ3) is 4.30. The van der Waals surface area contributed by atoms with Crippen molar-refractivity contribution in [3.05, 3.63) is 59.8 Å². The number of ether oxygens (including phenoxy) is 1. The van der Waals surface area contributed by atoms with E-state index in [4.69, 9.17) is 4.74 Å². The molecule has 30 heavy (non-hydrogen) atoms. The van der Waals surface area contributed by atoms with Crippen molar-refractivity contribution in [3.8, 4) is 5.75 Å². The molecule has 0 aliphatic carbocycles. The Hall–Kier alpha value is -2.95. The number of methoxy groups -OCH3 is 1. The molecular formula is C25H31N3O2. The van der Waals surface area contributed by atoms with Gasteiger partial charge in [-0.1, -0.05) is 0 Å². The minimum absolute atomic E-state index is 0.0227. The Morgan fingerprint density at radius 3 is 2.53 bits per heavy atom. The number of hydrogen-bond donors (Lipinski definition) is 1. The van der Waals surface area contributed by atoms with Gasteiger partial charge in [-0.15, -0.1) is 0 Å². The Bertz CT molecular complexity index is 1020. The molecule has 2 aromatic carbocycles. The highest BCUT2D eigenvalue weighted by molar-refractivity contribution is 5.94. The van der Waals surface area contributed by atoms with Crippen LogP contribution >= 0.6 is 0 Å². The largest absolute Gasteiger partial charge is 0.497 e. The molecule has 0 unspecified atom stereocenters. The molecule has 0 saturated carbocycles. The Morgan fingerprint density at radius 1 is 1.10 bits per heavy atom. The van der Waals surface area contributed by atoms with Crippen molar-refractivity contribution < 1.29 is 9.53 Å². The molecule has 0 spiro atoms. The topological polar surface area (TPSA) is 46.5 Å². The molecule has 5 nitrogen and oxygen atoms in total. The lowest BCUT2D eigenvalue weighted by molar-refractivity contribution is 0.0940. The summed E-state index contributed by atoms with van der Waals surface area (Å²) in [5.74, 6) is 0.825. The average Bonchev–Trinajstić information content (AvgIpc) is 3.08. The van der Waals surface area contributed by atoms with Crippen molar-refractivity contribution in [2.24, 2.45) is 7.05 Å². The van der Waals surface area contributed by atoms with Gasteiger partial charge in [-0.25, -0.2) is 0 Å². The van der Waals surface area contributed by atoms with E-state index in [0.29, 0.717) is 5.56 Å². The molecule has 1 amide bonds. The Labute approximate surface area is 178 Å². The summed E-state index contributed by atoms with van der Waals surface area (Å²) in [6, 6.07) is 14.2. The summed E-state index contributed by atoms with van der Waals surface area (Å²) >= 11 is 0. The summed E-state index contributed by atoms with van der Waals surface area (Å²) in [4.78, 5) is 15.2. The highest BCUT2D eigenvalue weighted by Crippen LogP contribution is 2.26. The second-order valence-corrected chi connectivity index (χ2v) is 8.32. The summed E-state index contributed by atoms with van der Waals surface area (Å²) in [6.45, 7) is 4.27. The molecule has 1 atom stereocenters. The zero-order valence-electron chi connectivity index (χ0n) is 18.1. The van der Waals surface area contributed by atoms with Crippen LogP contribution in [0.15, 0.2) is 48.7 Å². The van der Waals surface area contributed by atoms with Crippen LogP contribution in [0.25, 0.3) is 10.9 Å². The number of amides is 1. The molecule has 1 aliphatic heterocycles. The van der Waals surface area contributed by atoms with Gasteiger partial charge in [0.05, 0.1) is 7.11 Å². The third-order valence-corrected chi connectivity index (χ3v) is 6.03. The van der Waals surface area contributed by atoms with Crippen LogP contribution in [-0.4, -0.2) is 36.7 Å². The lowest BCUT2D eigenvalue weighted by atomic mass is 10.1. The fraction of sp³-hybridized carbons (Fsp3) is 0.400. The second-order valence-electron chi connectivity index (χ2n) is 8.32. The van der Waals surface area contributed by atoms with E-state index < -0.39 is 0 Å². The molecule has 1 fully saturated rings. The molecule has 2 heterocycles. The van der Waals surface area contributed by atoms with Crippen LogP contribution in [0.5, 0.6) is 5.75 Å². The number of piperidine rings is 1. The highest BCUT2D eigenvalue weighted by atomic mass is 16.5. The molecule has 1 aliphatic rings. The first-order valence-electron chi connectivity index (χ1n) is 10.8. The number of hydrogen-bond acceptors (Lipinski definition) is 3. The maximum Gasteiger partial charge on any atom is 0.251 e. The van der Waals surface area contributed by atoms with E-state index in [-0.39, 0.29) is 11.9 Å². The lowest BCUT2D eigenvalue weighted by Crippen LogP contribution is -2.34. The zero-order valence-corrected chi connectivity index (χ0v) is 18.1. The maximum absolute atomic E-state index is 12.8. The molecule has 0 bridgehead atoms. The van der Waals surface area contributed by atoms with Crippen LogP contribution in [0, 0.1) is 0 Å². The van der Waals surface area contributed by atoms with E-state index in [9.17, 15) is 4.79 Å². The Kier molecular flexibility index (Phi) is 5.98. The van der Waals surface area contributed by atoms with Gasteiger partial charge in [-0.3, -0.25) is 4.79 Å². The molecule has 3 aromatic rings. The lowest BCUT2D eigenvalue weighted by Gasteiger charge is -2.28. The number of aromatic nitrogens is 1. The standard InChI is InChI=1S/C25H31N3O2/c1-18(15-20-17-27(2)24-12-11-22(30-3)16-23(20)24)26-25(29)19-7-9-21(10-8-19)28-13-5-4-6-14-28/h7-12,16-18H,4-6,13-15H2,1-3H3,(H,26,29)/t18-/m1/s1. The first-order valence-corrected chi connectivity index (χ1v) is 10.8. The number of nitrogens with one attached hydrogen (secondary N) is 1. The molecule has 1 aromatic heterocycles. The van der Waals surface area contributed by atoms with Gasteiger partial charge in [0.25, 0.3) is 5.91 Å². The van der Waals surface area contributed by atoms with Gasteiger partial charge < -0.3 is 19.5 Å². The fourth-order valence-corrected chi connectivity index (χ4v) is 4.41. The molecule has 1 N–H and O–H groups in total. The van der Waals surface area contributed by atoms with Crippen LogP contribution in [-0.2, 0) is 13.5 Å². The quantitative estimate of drug-likeness (QED) is 0.655. The second kappa shape index (κ2) is 8.82. The third-order valence-electron chi connectivity index (χ3n) is 6.03. The molecule has 158 valence electrons. The monoisotopic (exact) mass is 405 g/mol. The number of carbonyl (C=O) groups is 1. The first kappa shape index (κ1) is 20.3. The zero-order chi connectivity index (χ0) is 21.1. The van der Waals surface area contributed by atoms with Crippen LogP contribution in [0.3, 0.4) is 0 Å². The van der Waals surface area contributed by atoms with Gasteiger partial charge in [0.2, 0.25) is 0 Å². The Morgan fingerprint density at radius 2 is 1.83 bits per heavy atom. The maximum atomic E-state index is 12.8. The summed E-state index contributed by atoms with van der Waals surface area (Å²) in [5.41, 5.74) is 4.29. The summed E-state index contributed by atoms with van der Waals surface area (Å²) < 4.78 is 7.51. The SMILES string of the molecule is COc1ccc2c(c1)c(C[C@@H](C)NC(=O)c1ccc(N3CCCCC3)cc1)cn2C. The van der Waals surface area contributed by atoms with Crippen molar-refractivity contribution in [3.63, 3.8) is 0 Å². The summed E-state index contributed by atoms with van der Waals surface area (Å²) in [6.07, 6.45) is 6.72. The molecule has 5 heteroatoms. The number of nitrogens with zero attached hydrogens (tertiary/aromatic N) is 2. The number of benzene rings is 2. The van der Waals surface area contributed by atoms with E-state index in [0.717, 1.165) is 30.8 Å². The van der Waals surface area contributed by atoms with Gasteiger partial charge in [-0.05, 0) is 80.6 Å². The van der Waals surface area contributed by atoms with Gasteiger partial charge >= 0.3 is 0 Å². The molecular weight excluding hydrogens is 374 g/mol. The van der Waals surface area contributed by atoms with Gasteiger partial charge in [0.1, 0.15) is 5.75 Å². The number of anilines is 1. The number of carbonyl (C=O) groups excluding carboxylic acids is 1. The normalized spacial score (nSPS) is 15.2. The van der Waals surface area contributed by atoms with Crippen LogP contribution < -0.4 is 15.0 Å². The van der Waals surface area contributed by atoms with Crippen molar-refractivity contribution in [2.75, 3.05) is 25.1 Å².